The van der Waals surface area contributed by atoms with Crippen molar-refractivity contribution in [3.05, 3.63) is 108 Å². The van der Waals surface area contributed by atoms with Gasteiger partial charge in [0.2, 0.25) is 0 Å². The highest BCUT2D eigenvalue weighted by atomic mass is 16.5. The molecular weight excluding hydrogens is 362 g/mol. The molecule has 1 aromatic heterocycles. The van der Waals surface area contributed by atoms with Crippen LogP contribution in [0.25, 0.3) is 0 Å². The molecule has 0 radical (unpaired) electrons. The van der Waals surface area contributed by atoms with Gasteiger partial charge in [0.25, 0.3) is 5.91 Å². The van der Waals surface area contributed by atoms with E-state index in [-0.39, 0.29) is 5.91 Å². The van der Waals surface area contributed by atoms with E-state index in [1.54, 1.807) is 28.9 Å². The highest BCUT2D eigenvalue weighted by molar-refractivity contribution is 6.03. The Balaban J connectivity index is 1.45. The highest BCUT2D eigenvalue weighted by Gasteiger charge is 2.12. The van der Waals surface area contributed by atoms with Crippen molar-refractivity contribution in [2.45, 2.75) is 13.5 Å². The minimum atomic E-state index is -0.189. The molecule has 144 valence electrons. The summed E-state index contributed by atoms with van der Waals surface area (Å²) in [6, 6.07) is 28.5. The van der Waals surface area contributed by atoms with Gasteiger partial charge in [0.15, 0.2) is 0 Å². The number of benzene rings is 3. The lowest BCUT2D eigenvalue weighted by molar-refractivity contribution is 0.102. The number of carbonyl (C=O) groups is 1. The van der Waals surface area contributed by atoms with Gasteiger partial charge < -0.3 is 10.1 Å². The second kappa shape index (κ2) is 8.44. The lowest BCUT2D eigenvalue weighted by atomic mass is 10.2. The van der Waals surface area contributed by atoms with Crippen LogP contribution in [0.5, 0.6) is 11.5 Å². The first kappa shape index (κ1) is 18.5. The molecule has 0 spiro atoms. The summed E-state index contributed by atoms with van der Waals surface area (Å²) in [4.78, 5) is 12.7. The molecule has 0 atom stereocenters. The molecule has 29 heavy (non-hydrogen) atoms. The van der Waals surface area contributed by atoms with Crippen LogP contribution in [-0.2, 0) is 6.54 Å². The number of nitrogens with zero attached hydrogens (tertiary/aromatic N) is 2. The van der Waals surface area contributed by atoms with Gasteiger partial charge in [-0.2, -0.15) is 5.10 Å². The molecule has 0 saturated carbocycles. The molecule has 0 saturated heterocycles. The van der Waals surface area contributed by atoms with Crippen LogP contribution in [-0.4, -0.2) is 15.7 Å². The Morgan fingerprint density at radius 2 is 1.52 bits per heavy atom. The average Bonchev–Trinajstić information content (AvgIpc) is 3.08. The molecule has 0 aliphatic rings. The van der Waals surface area contributed by atoms with Gasteiger partial charge in [0.05, 0.1) is 12.2 Å². The summed E-state index contributed by atoms with van der Waals surface area (Å²) in [7, 11) is 0. The predicted octanol–water partition coefficient (Wildman–Crippen LogP) is 5.28. The molecule has 0 fully saturated rings. The molecule has 4 aromatic rings. The summed E-state index contributed by atoms with van der Waals surface area (Å²) in [6.45, 7) is 2.50. The smallest absolute Gasteiger partial charge is 0.256 e. The van der Waals surface area contributed by atoms with Crippen LogP contribution in [0.3, 0.4) is 0 Å². The Morgan fingerprint density at radius 3 is 2.21 bits per heavy atom. The first-order valence-electron chi connectivity index (χ1n) is 9.40. The number of amides is 1. The lowest BCUT2D eigenvalue weighted by Crippen LogP contribution is -2.16. The Hall–Kier alpha value is -3.86. The summed E-state index contributed by atoms with van der Waals surface area (Å²) in [6.07, 6.45) is 0. The molecule has 0 bridgehead atoms. The van der Waals surface area contributed by atoms with Crippen molar-refractivity contribution in [3.63, 3.8) is 0 Å². The highest BCUT2D eigenvalue weighted by Crippen LogP contribution is 2.22. The number of rotatable bonds is 6. The minimum absolute atomic E-state index is 0.189. The standard InChI is InChI=1S/C24H21N3O2/c1-18-16-23(27(26-18)17-19-8-4-2-5-9-19)25-24(28)20-12-14-22(15-13-20)29-21-10-6-3-7-11-21/h2-16H,17H2,1H3,(H,25,28). The van der Waals surface area contributed by atoms with Crippen LogP contribution in [0.1, 0.15) is 21.6 Å². The number of hydrogen-bond donors (Lipinski definition) is 1. The Morgan fingerprint density at radius 1 is 0.897 bits per heavy atom. The van der Waals surface area contributed by atoms with E-state index < -0.39 is 0 Å². The van der Waals surface area contributed by atoms with E-state index in [2.05, 4.69) is 10.4 Å². The average molecular weight is 383 g/mol. The fourth-order valence-corrected chi connectivity index (χ4v) is 3.01. The number of carbonyl (C=O) groups excluding carboxylic acids is 1. The van der Waals surface area contributed by atoms with Crippen LogP contribution in [0, 0.1) is 6.92 Å². The van der Waals surface area contributed by atoms with Crippen LogP contribution in [0.15, 0.2) is 91.0 Å². The van der Waals surface area contributed by atoms with Gasteiger partial charge in [0.1, 0.15) is 17.3 Å². The monoisotopic (exact) mass is 383 g/mol. The normalized spacial score (nSPS) is 10.5. The summed E-state index contributed by atoms with van der Waals surface area (Å²) in [5.41, 5.74) is 2.52. The van der Waals surface area contributed by atoms with Crippen molar-refractivity contribution in [3.8, 4) is 11.5 Å². The summed E-state index contributed by atoms with van der Waals surface area (Å²) >= 11 is 0. The van der Waals surface area contributed by atoms with Gasteiger partial charge in [-0.25, -0.2) is 4.68 Å². The SMILES string of the molecule is Cc1cc(NC(=O)c2ccc(Oc3ccccc3)cc2)n(Cc2ccccc2)n1. The largest absolute Gasteiger partial charge is 0.457 e. The summed E-state index contributed by atoms with van der Waals surface area (Å²) < 4.78 is 7.58. The van der Waals surface area contributed by atoms with E-state index in [0.717, 1.165) is 17.0 Å². The number of hydrogen-bond acceptors (Lipinski definition) is 3. The first-order valence-corrected chi connectivity index (χ1v) is 9.40. The number of ether oxygens (including phenoxy) is 1. The maximum Gasteiger partial charge on any atom is 0.256 e. The Labute approximate surface area is 169 Å². The van der Waals surface area contributed by atoms with Crippen molar-refractivity contribution in [2.24, 2.45) is 0 Å². The fraction of sp³-hybridized carbons (Fsp3) is 0.0833. The molecular formula is C24H21N3O2. The minimum Gasteiger partial charge on any atom is -0.457 e. The zero-order chi connectivity index (χ0) is 20.1. The zero-order valence-corrected chi connectivity index (χ0v) is 16.1. The van der Waals surface area contributed by atoms with Crippen molar-refractivity contribution in [1.29, 1.82) is 0 Å². The van der Waals surface area contributed by atoms with Crippen molar-refractivity contribution in [2.75, 3.05) is 5.32 Å². The second-order valence-corrected chi connectivity index (χ2v) is 6.71. The molecule has 0 unspecified atom stereocenters. The molecule has 0 aliphatic carbocycles. The number of para-hydroxylation sites is 1. The van der Waals surface area contributed by atoms with Gasteiger partial charge in [-0.3, -0.25) is 4.79 Å². The van der Waals surface area contributed by atoms with Crippen LogP contribution >= 0.6 is 0 Å². The van der Waals surface area contributed by atoms with Gasteiger partial charge in [0, 0.05) is 11.6 Å². The third-order valence-corrected chi connectivity index (χ3v) is 4.41. The van der Waals surface area contributed by atoms with E-state index >= 15 is 0 Å². The van der Waals surface area contributed by atoms with Crippen molar-refractivity contribution in [1.82, 2.24) is 9.78 Å². The maximum atomic E-state index is 12.7. The topological polar surface area (TPSA) is 56.1 Å². The lowest BCUT2D eigenvalue weighted by Gasteiger charge is -2.10. The number of nitrogens with one attached hydrogen (secondary N) is 1. The summed E-state index contributed by atoms with van der Waals surface area (Å²) in [5.74, 6) is 1.91. The van der Waals surface area contributed by atoms with E-state index in [4.69, 9.17) is 4.74 Å². The quantitative estimate of drug-likeness (QED) is 0.492. The van der Waals surface area contributed by atoms with Crippen LogP contribution < -0.4 is 10.1 Å². The number of aryl methyl sites for hydroxylation is 1. The molecule has 1 amide bonds. The third-order valence-electron chi connectivity index (χ3n) is 4.41. The van der Waals surface area contributed by atoms with Crippen molar-refractivity contribution >= 4 is 11.7 Å². The van der Waals surface area contributed by atoms with Crippen LogP contribution in [0.2, 0.25) is 0 Å². The Kier molecular flexibility index (Phi) is 5.38. The van der Waals surface area contributed by atoms with E-state index in [1.165, 1.54) is 0 Å². The molecule has 5 heteroatoms. The van der Waals surface area contributed by atoms with Gasteiger partial charge >= 0.3 is 0 Å². The second-order valence-electron chi connectivity index (χ2n) is 6.71. The molecule has 4 rings (SSSR count). The molecule has 3 aromatic carbocycles. The van der Waals surface area contributed by atoms with Crippen molar-refractivity contribution < 1.29 is 9.53 Å². The number of anilines is 1. The number of aromatic nitrogens is 2. The summed E-state index contributed by atoms with van der Waals surface area (Å²) in [5, 5.41) is 7.45. The third kappa shape index (κ3) is 4.71. The van der Waals surface area contributed by atoms with Gasteiger partial charge in [-0.05, 0) is 48.9 Å². The van der Waals surface area contributed by atoms with Gasteiger partial charge in [-0.1, -0.05) is 48.5 Å². The molecule has 0 aliphatic heterocycles. The van der Waals surface area contributed by atoms with E-state index in [1.807, 2.05) is 73.7 Å². The Bertz CT molecular complexity index is 1090. The predicted molar refractivity (Wildman–Crippen MR) is 113 cm³/mol. The zero-order valence-electron chi connectivity index (χ0n) is 16.1. The fourth-order valence-electron chi connectivity index (χ4n) is 3.01. The maximum absolute atomic E-state index is 12.7. The first-order chi connectivity index (χ1) is 14.2. The van der Waals surface area contributed by atoms with E-state index in [9.17, 15) is 4.79 Å². The molecule has 5 nitrogen and oxygen atoms in total. The molecule has 1 heterocycles. The van der Waals surface area contributed by atoms with Gasteiger partial charge in [-0.15, -0.1) is 0 Å². The van der Waals surface area contributed by atoms with Crippen LogP contribution in [0.4, 0.5) is 5.82 Å². The van der Waals surface area contributed by atoms with E-state index in [0.29, 0.717) is 23.7 Å². The molecule has 1 N–H and O–H groups in total.